The summed E-state index contributed by atoms with van der Waals surface area (Å²) in [4.78, 5) is 0. The molecule has 1 rings (SSSR count). The average molecular weight is 407 g/mol. The Morgan fingerprint density at radius 2 is 1.37 bits per heavy atom. The van der Waals surface area contributed by atoms with Gasteiger partial charge in [0.25, 0.3) is 0 Å². The van der Waals surface area contributed by atoms with Crippen LogP contribution in [0.5, 0.6) is 0 Å². The zero-order chi connectivity index (χ0) is 19.5. The molecule has 0 radical (unpaired) electrons. The third-order valence-corrected chi connectivity index (χ3v) is 7.58. The number of hydrogen-bond acceptors (Lipinski definition) is 3. The summed E-state index contributed by atoms with van der Waals surface area (Å²) < 4.78 is 33.5. The van der Waals surface area contributed by atoms with Crippen molar-refractivity contribution in [2.75, 3.05) is 0 Å². The van der Waals surface area contributed by atoms with Crippen molar-refractivity contribution in [1.82, 2.24) is 0 Å². The minimum absolute atomic E-state index is 0. The Bertz CT molecular complexity index is 554. The molecule has 2 atom stereocenters. The molecule has 5 heteroatoms. The maximum atomic E-state index is 11.6. The fourth-order valence-electron chi connectivity index (χ4n) is 3.79. The first-order valence-electron chi connectivity index (χ1n) is 10.7. The van der Waals surface area contributed by atoms with Crippen LogP contribution >= 0.6 is 0 Å². The normalized spacial score (nSPS) is 22.4. The Hall–Kier alpha value is 0.390. The van der Waals surface area contributed by atoms with E-state index in [9.17, 15) is 13.0 Å². The van der Waals surface area contributed by atoms with Gasteiger partial charge < -0.3 is 4.55 Å². The molecular formula is C22H39NaO3S. The Morgan fingerprint density at radius 1 is 0.926 bits per heavy atom. The quantitative estimate of drug-likeness (QED) is 0.252. The molecule has 0 fully saturated rings. The summed E-state index contributed by atoms with van der Waals surface area (Å²) in [6, 6.07) is 0. The van der Waals surface area contributed by atoms with Crippen molar-refractivity contribution in [3.8, 4) is 0 Å². The fraction of sp³-hybridized carbons (Fsp3) is 0.818. The van der Waals surface area contributed by atoms with Gasteiger partial charge in [-0.05, 0) is 25.7 Å². The molecule has 0 aromatic rings. The van der Waals surface area contributed by atoms with Crippen LogP contribution in [0.15, 0.2) is 23.8 Å². The Morgan fingerprint density at radius 3 is 1.81 bits per heavy atom. The molecule has 0 aliphatic heterocycles. The molecule has 27 heavy (non-hydrogen) atoms. The number of allylic oxidation sites excluding steroid dienone is 3. The molecule has 0 N–H and O–H groups in total. The summed E-state index contributed by atoms with van der Waals surface area (Å²) in [5.41, 5.74) is 1.10. The van der Waals surface area contributed by atoms with Crippen LogP contribution in [-0.2, 0) is 10.1 Å². The van der Waals surface area contributed by atoms with Crippen molar-refractivity contribution in [2.24, 2.45) is 5.92 Å². The molecule has 1 aliphatic carbocycles. The smallest absolute Gasteiger partial charge is 0.747 e. The molecule has 2 unspecified atom stereocenters. The zero-order valence-corrected chi connectivity index (χ0v) is 21.0. The monoisotopic (exact) mass is 406 g/mol. The molecule has 0 heterocycles. The first-order chi connectivity index (χ1) is 12.3. The van der Waals surface area contributed by atoms with Gasteiger partial charge in [0.2, 0.25) is 0 Å². The summed E-state index contributed by atoms with van der Waals surface area (Å²) in [6.07, 6.45) is 22.0. The predicted octanol–water partition coefficient (Wildman–Crippen LogP) is 3.52. The van der Waals surface area contributed by atoms with Gasteiger partial charge in [0.05, 0.1) is 4.75 Å². The molecule has 0 amide bonds. The zero-order valence-electron chi connectivity index (χ0n) is 18.1. The average Bonchev–Trinajstić information content (AvgIpc) is 2.58. The molecule has 3 nitrogen and oxygen atoms in total. The van der Waals surface area contributed by atoms with E-state index in [-0.39, 0.29) is 35.5 Å². The van der Waals surface area contributed by atoms with Crippen molar-refractivity contribution in [3.05, 3.63) is 23.8 Å². The van der Waals surface area contributed by atoms with E-state index in [4.69, 9.17) is 0 Å². The Labute approximate surface area is 190 Å². The van der Waals surface area contributed by atoms with Gasteiger partial charge >= 0.3 is 29.6 Å². The summed E-state index contributed by atoms with van der Waals surface area (Å²) in [7, 11) is -4.34. The summed E-state index contributed by atoms with van der Waals surface area (Å²) in [6.45, 7) is 5.67. The molecule has 0 bridgehead atoms. The molecule has 0 saturated heterocycles. The second kappa shape index (κ2) is 14.4. The van der Waals surface area contributed by atoms with Crippen LogP contribution in [0.25, 0.3) is 0 Å². The molecule has 0 aromatic heterocycles. The number of unbranched alkanes of at least 4 members (excludes halogenated alkanes) is 11. The minimum Gasteiger partial charge on any atom is -0.747 e. The summed E-state index contributed by atoms with van der Waals surface area (Å²) in [5.74, 6) is -0.234. The molecule has 1 aliphatic rings. The second-order valence-electron chi connectivity index (χ2n) is 8.10. The van der Waals surface area contributed by atoms with Crippen LogP contribution in [0.1, 0.15) is 104 Å². The van der Waals surface area contributed by atoms with E-state index < -0.39 is 14.9 Å². The summed E-state index contributed by atoms with van der Waals surface area (Å²) in [5, 5.41) is 0. The first kappa shape index (κ1) is 27.4. The maximum absolute atomic E-state index is 11.6. The minimum atomic E-state index is -4.34. The van der Waals surface area contributed by atoms with Crippen LogP contribution in [0, 0.1) is 5.92 Å². The fourth-order valence-corrected chi connectivity index (χ4v) is 4.62. The SMILES string of the molecule is CCCCCCCCCCCCCCC1=CC=CC(C)(S(=O)(=O)[O-])C1C.[Na+]. The van der Waals surface area contributed by atoms with Crippen LogP contribution in [0.2, 0.25) is 0 Å². The van der Waals surface area contributed by atoms with E-state index >= 15 is 0 Å². The molecule has 0 saturated carbocycles. The van der Waals surface area contributed by atoms with Crippen molar-refractivity contribution >= 4 is 10.1 Å². The third-order valence-electron chi connectivity index (χ3n) is 6.01. The number of rotatable bonds is 14. The van der Waals surface area contributed by atoms with Gasteiger partial charge in [-0.25, -0.2) is 8.42 Å². The molecular weight excluding hydrogens is 367 g/mol. The van der Waals surface area contributed by atoms with E-state index in [0.29, 0.717) is 0 Å². The van der Waals surface area contributed by atoms with Crippen LogP contribution in [0.3, 0.4) is 0 Å². The Kier molecular flexibility index (Phi) is 14.6. The van der Waals surface area contributed by atoms with Gasteiger partial charge in [-0.2, -0.15) is 0 Å². The van der Waals surface area contributed by atoms with E-state index in [1.807, 2.05) is 13.0 Å². The van der Waals surface area contributed by atoms with Gasteiger partial charge in [0.15, 0.2) is 0 Å². The Balaban J connectivity index is 0.00000676. The molecule has 0 aromatic carbocycles. The van der Waals surface area contributed by atoms with E-state index in [1.54, 1.807) is 19.1 Å². The van der Waals surface area contributed by atoms with Crippen LogP contribution in [0.4, 0.5) is 0 Å². The van der Waals surface area contributed by atoms with Crippen molar-refractivity contribution < 1.29 is 42.5 Å². The van der Waals surface area contributed by atoms with Crippen molar-refractivity contribution in [1.29, 1.82) is 0 Å². The van der Waals surface area contributed by atoms with Gasteiger partial charge in [-0.15, -0.1) is 0 Å². The van der Waals surface area contributed by atoms with E-state index in [2.05, 4.69) is 6.92 Å². The van der Waals surface area contributed by atoms with Gasteiger partial charge in [-0.1, -0.05) is 108 Å². The number of hydrogen-bond donors (Lipinski definition) is 0. The van der Waals surface area contributed by atoms with Crippen molar-refractivity contribution in [3.63, 3.8) is 0 Å². The van der Waals surface area contributed by atoms with E-state index in [1.165, 1.54) is 70.6 Å². The molecule has 0 spiro atoms. The van der Waals surface area contributed by atoms with Gasteiger partial charge in [0.1, 0.15) is 10.1 Å². The maximum Gasteiger partial charge on any atom is 1.00 e. The predicted molar refractivity (Wildman–Crippen MR) is 110 cm³/mol. The topological polar surface area (TPSA) is 57.2 Å². The van der Waals surface area contributed by atoms with Crippen LogP contribution < -0.4 is 29.6 Å². The standard InChI is InChI=1S/C22H40O3S.Na/c1-4-5-6-7-8-9-10-11-12-13-14-15-17-21-18-16-19-22(3,20(21)2)26(23,24)25;/h16,18-20H,4-15,17H2,1-3H3,(H,23,24,25);/q;+1/p-1. The second-order valence-corrected chi connectivity index (χ2v) is 9.89. The summed E-state index contributed by atoms with van der Waals surface area (Å²) >= 11 is 0. The third kappa shape index (κ3) is 9.62. The van der Waals surface area contributed by atoms with Gasteiger partial charge in [0, 0.05) is 0 Å². The van der Waals surface area contributed by atoms with Crippen molar-refractivity contribution in [2.45, 2.75) is 109 Å². The van der Waals surface area contributed by atoms with E-state index in [0.717, 1.165) is 18.4 Å². The van der Waals surface area contributed by atoms with Crippen LogP contribution in [-0.4, -0.2) is 17.7 Å². The molecule has 152 valence electrons. The first-order valence-corrected chi connectivity index (χ1v) is 12.1. The largest absolute Gasteiger partial charge is 1.00 e. The van der Waals surface area contributed by atoms with Gasteiger partial charge in [-0.3, -0.25) is 0 Å².